The molecule has 21 heavy (non-hydrogen) atoms. The van der Waals surface area contributed by atoms with Gasteiger partial charge in [0.15, 0.2) is 0 Å². The molecule has 114 valence electrons. The third-order valence-electron chi connectivity index (χ3n) is 3.35. The second-order valence-corrected chi connectivity index (χ2v) is 6.21. The van der Waals surface area contributed by atoms with Crippen molar-refractivity contribution in [2.45, 2.75) is 6.42 Å². The van der Waals surface area contributed by atoms with Crippen LogP contribution in [0, 0.1) is 5.82 Å². The van der Waals surface area contributed by atoms with Crippen LogP contribution in [-0.4, -0.2) is 48.5 Å². The summed E-state index contributed by atoms with van der Waals surface area (Å²) in [6, 6.07) is 6.06. The molecule has 1 saturated heterocycles. The molecule has 1 amide bonds. The maximum atomic E-state index is 12.7. The Bertz CT molecular complexity index is 470. The van der Waals surface area contributed by atoms with Gasteiger partial charge in [-0.1, -0.05) is 12.1 Å². The average molecular weight is 308 g/mol. The van der Waals surface area contributed by atoms with Gasteiger partial charge in [0, 0.05) is 37.2 Å². The minimum Gasteiger partial charge on any atom is -0.353 e. The lowest BCUT2D eigenvalue weighted by Crippen LogP contribution is -2.35. The molecule has 0 saturated carbocycles. The van der Waals surface area contributed by atoms with E-state index < -0.39 is 0 Å². The van der Waals surface area contributed by atoms with Crippen LogP contribution in [0.3, 0.4) is 0 Å². The van der Waals surface area contributed by atoms with E-state index in [9.17, 15) is 9.18 Å². The molecule has 1 aliphatic rings. The highest BCUT2D eigenvalue weighted by Crippen LogP contribution is 2.08. The Hall–Kier alpha value is -1.33. The van der Waals surface area contributed by atoms with Crippen molar-refractivity contribution in [2.75, 3.05) is 37.7 Å². The molecule has 0 radical (unpaired) electrons. The zero-order chi connectivity index (χ0) is 14.9. The Morgan fingerprint density at radius 1 is 1.29 bits per heavy atom. The molecule has 1 aliphatic heterocycles. The molecule has 1 heterocycles. The Morgan fingerprint density at radius 3 is 2.71 bits per heavy atom. The van der Waals surface area contributed by atoms with Gasteiger partial charge in [-0.25, -0.2) is 4.39 Å². The molecule has 0 atom stereocenters. The monoisotopic (exact) mass is 308 g/mol. The van der Waals surface area contributed by atoms with E-state index in [1.165, 1.54) is 29.7 Å². The van der Waals surface area contributed by atoms with Crippen molar-refractivity contribution >= 4 is 23.7 Å². The number of nitrogens with one attached hydrogen (secondary N) is 1. The zero-order valence-electron chi connectivity index (χ0n) is 12.1. The van der Waals surface area contributed by atoms with Crippen molar-refractivity contribution in [1.82, 2.24) is 10.2 Å². The van der Waals surface area contributed by atoms with Gasteiger partial charge in [0.1, 0.15) is 5.82 Å². The lowest BCUT2D eigenvalue weighted by atomic mass is 10.2. The Kier molecular flexibility index (Phi) is 6.76. The topological polar surface area (TPSA) is 32.3 Å². The van der Waals surface area contributed by atoms with Crippen molar-refractivity contribution < 1.29 is 9.18 Å². The smallest absolute Gasteiger partial charge is 0.243 e. The quantitative estimate of drug-likeness (QED) is 0.647. The average Bonchev–Trinajstić information content (AvgIpc) is 2.52. The summed E-state index contributed by atoms with van der Waals surface area (Å²) in [6.45, 7) is 4.05. The lowest BCUT2D eigenvalue weighted by Gasteiger charge is -2.25. The third-order valence-corrected chi connectivity index (χ3v) is 4.29. The van der Waals surface area contributed by atoms with Crippen LogP contribution in [0.25, 0.3) is 6.08 Å². The van der Waals surface area contributed by atoms with E-state index >= 15 is 0 Å². The molecule has 1 aromatic carbocycles. The van der Waals surface area contributed by atoms with Crippen molar-refractivity contribution in [3.63, 3.8) is 0 Å². The number of halogens is 1. The number of carbonyl (C=O) groups excluding carboxylic acids is 1. The normalized spacial score (nSPS) is 16.2. The van der Waals surface area contributed by atoms with Crippen molar-refractivity contribution in [2.24, 2.45) is 0 Å². The number of thioether (sulfide) groups is 1. The van der Waals surface area contributed by atoms with Crippen LogP contribution in [0.1, 0.15) is 12.0 Å². The summed E-state index contributed by atoms with van der Waals surface area (Å²) in [7, 11) is 0. The van der Waals surface area contributed by atoms with E-state index in [4.69, 9.17) is 0 Å². The van der Waals surface area contributed by atoms with E-state index in [1.807, 2.05) is 11.8 Å². The van der Waals surface area contributed by atoms with Crippen LogP contribution in [0.15, 0.2) is 30.3 Å². The van der Waals surface area contributed by atoms with Crippen molar-refractivity contribution in [1.29, 1.82) is 0 Å². The number of carbonyl (C=O) groups is 1. The zero-order valence-corrected chi connectivity index (χ0v) is 12.9. The third kappa shape index (κ3) is 6.31. The minimum absolute atomic E-state index is 0.103. The number of benzene rings is 1. The van der Waals surface area contributed by atoms with Gasteiger partial charge in [0.25, 0.3) is 0 Å². The maximum Gasteiger partial charge on any atom is 0.243 e. The maximum absolute atomic E-state index is 12.7. The second-order valence-electron chi connectivity index (χ2n) is 4.98. The van der Waals surface area contributed by atoms with Crippen LogP contribution in [0.4, 0.5) is 4.39 Å². The van der Waals surface area contributed by atoms with E-state index in [1.54, 1.807) is 18.2 Å². The van der Waals surface area contributed by atoms with Crippen LogP contribution in [0.5, 0.6) is 0 Å². The van der Waals surface area contributed by atoms with Crippen LogP contribution in [-0.2, 0) is 4.79 Å². The van der Waals surface area contributed by atoms with E-state index in [0.717, 1.165) is 31.6 Å². The summed E-state index contributed by atoms with van der Waals surface area (Å²) in [5.74, 6) is 2.06. The van der Waals surface area contributed by atoms with Gasteiger partial charge in [-0.2, -0.15) is 11.8 Å². The van der Waals surface area contributed by atoms with Crippen LogP contribution in [0.2, 0.25) is 0 Å². The molecule has 0 bridgehead atoms. The molecule has 5 heteroatoms. The highest BCUT2D eigenvalue weighted by Gasteiger charge is 2.09. The fourth-order valence-corrected chi connectivity index (χ4v) is 3.12. The second kappa shape index (κ2) is 8.85. The first-order valence-corrected chi connectivity index (χ1v) is 8.41. The van der Waals surface area contributed by atoms with Crippen molar-refractivity contribution in [3.05, 3.63) is 41.7 Å². The predicted molar refractivity (Wildman–Crippen MR) is 86.8 cm³/mol. The molecule has 0 aliphatic carbocycles. The summed E-state index contributed by atoms with van der Waals surface area (Å²) in [5.41, 5.74) is 0.817. The minimum atomic E-state index is -0.271. The van der Waals surface area contributed by atoms with Gasteiger partial charge in [0.05, 0.1) is 0 Å². The molecular formula is C16H21FN2OS. The van der Waals surface area contributed by atoms with Crippen LogP contribution < -0.4 is 5.32 Å². The highest BCUT2D eigenvalue weighted by atomic mass is 32.2. The van der Waals surface area contributed by atoms with Crippen molar-refractivity contribution in [3.8, 4) is 0 Å². The molecule has 0 unspecified atom stereocenters. The fourth-order valence-electron chi connectivity index (χ4n) is 2.14. The molecule has 1 N–H and O–H groups in total. The fraction of sp³-hybridized carbons (Fsp3) is 0.438. The van der Waals surface area contributed by atoms with Gasteiger partial charge >= 0.3 is 0 Å². The standard InChI is InChI=1S/C16H21FN2OS/c17-15-5-2-14(3-6-15)4-7-16(20)18-8-1-9-19-10-12-21-13-11-19/h2-7H,1,8-13H2,(H,18,20)/b7-4+. The van der Waals surface area contributed by atoms with Gasteiger partial charge in [-0.15, -0.1) is 0 Å². The SMILES string of the molecule is O=C(/C=C/c1ccc(F)cc1)NCCCN1CCSCC1. The highest BCUT2D eigenvalue weighted by molar-refractivity contribution is 7.99. The first-order valence-electron chi connectivity index (χ1n) is 7.25. The first-order chi connectivity index (χ1) is 10.2. The van der Waals surface area contributed by atoms with E-state index in [0.29, 0.717) is 6.54 Å². The molecule has 0 aromatic heterocycles. The number of amides is 1. The van der Waals surface area contributed by atoms with E-state index in [-0.39, 0.29) is 11.7 Å². The summed E-state index contributed by atoms with van der Waals surface area (Å²) < 4.78 is 12.7. The summed E-state index contributed by atoms with van der Waals surface area (Å²) >= 11 is 2.00. The molecule has 0 spiro atoms. The van der Waals surface area contributed by atoms with Gasteiger partial charge in [-0.3, -0.25) is 4.79 Å². The Balaban J connectivity index is 1.61. The van der Waals surface area contributed by atoms with Crippen LogP contribution >= 0.6 is 11.8 Å². The predicted octanol–water partition coefficient (Wildman–Crippen LogP) is 2.39. The van der Waals surface area contributed by atoms with Gasteiger partial charge in [-0.05, 0) is 36.7 Å². The number of rotatable bonds is 6. The van der Waals surface area contributed by atoms with E-state index in [2.05, 4.69) is 10.2 Å². The molecule has 2 rings (SSSR count). The molecule has 1 aromatic rings. The van der Waals surface area contributed by atoms with Gasteiger partial charge in [0.2, 0.25) is 5.91 Å². The summed E-state index contributed by atoms with van der Waals surface area (Å²) in [4.78, 5) is 14.1. The molecular weight excluding hydrogens is 287 g/mol. The number of nitrogens with zero attached hydrogens (tertiary/aromatic N) is 1. The number of hydrogen-bond acceptors (Lipinski definition) is 3. The molecule has 3 nitrogen and oxygen atoms in total. The first kappa shape index (κ1) is 16.0. The Morgan fingerprint density at radius 2 is 2.00 bits per heavy atom. The Labute approximate surface area is 129 Å². The summed E-state index contributed by atoms with van der Waals surface area (Å²) in [6.07, 6.45) is 4.15. The number of hydrogen-bond donors (Lipinski definition) is 1. The van der Waals surface area contributed by atoms with Gasteiger partial charge < -0.3 is 10.2 Å². The lowest BCUT2D eigenvalue weighted by molar-refractivity contribution is -0.116. The molecule has 1 fully saturated rings. The largest absolute Gasteiger partial charge is 0.353 e. The summed E-state index contributed by atoms with van der Waals surface area (Å²) in [5, 5.41) is 2.87.